The summed E-state index contributed by atoms with van der Waals surface area (Å²) in [5.41, 5.74) is 3.47. The van der Waals surface area contributed by atoms with Crippen LogP contribution in [0.4, 0.5) is 5.69 Å². The molecule has 3 aromatic carbocycles. The minimum atomic E-state index is -0.190. The third-order valence-electron chi connectivity index (χ3n) is 4.95. The van der Waals surface area contributed by atoms with E-state index in [-0.39, 0.29) is 12.7 Å². The molecule has 2 aliphatic heterocycles. The van der Waals surface area contributed by atoms with Crippen LogP contribution in [0.5, 0.6) is 17.2 Å². The van der Waals surface area contributed by atoms with Crippen molar-refractivity contribution in [1.29, 1.82) is 0 Å². The minimum absolute atomic E-state index is 0.190. The highest BCUT2D eigenvalue weighted by atomic mass is 16.7. The quantitative estimate of drug-likeness (QED) is 0.616. The highest BCUT2D eigenvalue weighted by Gasteiger charge is 2.32. The van der Waals surface area contributed by atoms with Gasteiger partial charge in [0.25, 0.3) is 5.91 Å². The van der Waals surface area contributed by atoms with Crippen molar-refractivity contribution in [1.82, 2.24) is 0 Å². The molecule has 3 aromatic rings. The van der Waals surface area contributed by atoms with Crippen molar-refractivity contribution in [2.24, 2.45) is 5.10 Å². The summed E-state index contributed by atoms with van der Waals surface area (Å²) < 4.78 is 16.1. The van der Waals surface area contributed by atoms with Gasteiger partial charge in [-0.15, -0.1) is 0 Å². The second-order valence-electron chi connectivity index (χ2n) is 6.80. The van der Waals surface area contributed by atoms with Crippen LogP contribution in [0.1, 0.15) is 11.1 Å². The van der Waals surface area contributed by atoms with Crippen LogP contribution < -0.4 is 19.2 Å². The van der Waals surface area contributed by atoms with Crippen molar-refractivity contribution in [2.75, 3.05) is 18.9 Å². The number of carbonyl (C=O) groups is 1. The number of methoxy groups -OCH3 is 1. The van der Waals surface area contributed by atoms with Crippen molar-refractivity contribution >= 4 is 23.4 Å². The normalized spacial score (nSPS) is 16.2. The van der Waals surface area contributed by atoms with Crippen molar-refractivity contribution in [3.8, 4) is 17.2 Å². The zero-order chi connectivity index (χ0) is 20.5. The molecule has 0 atom stereocenters. The number of hydrazone groups is 1. The molecular formula is C24H18N2O4. The predicted molar refractivity (Wildman–Crippen MR) is 114 cm³/mol. The molecule has 0 N–H and O–H groups in total. The van der Waals surface area contributed by atoms with Gasteiger partial charge < -0.3 is 14.2 Å². The van der Waals surface area contributed by atoms with Crippen LogP contribution in [-0.4, -0.2) is 25.5 Å². The molecule has 0 fully saturated rings. The first-order valence-electron chi connectivity index (χ1n) is 9.47. The molecule has 30 heavy (non-hydrogen) atoms. The minimum Gasteiger partial charge on any atom is -0.497 e. The first-order valence-corrected chi connectivity index (χ1v) is 9.47. The van der Waals surface area contributed by atoms with Gasteiger partial charge in [0.2, 0.25) is 6.79 Å². The third kappa shape index (κ3) is 3.18. The average molecular weight is 398 g/mol. The molecule has 6 nitrogen and oxygen atoms in total. The maximum absolute atomic E-state index is 13.3. The van der Waals surface area contributed by atoms with Gasteiger partial charge in [0, 0.05) is 5.56 Å². The molecule has 0 unspecified atom stereocenters. The SMILES string of the molecule is COc1ccc(C2=NN(c3ccccc3)C(=O)/C2=C\c2ccc3c(c2)OCO3)cc1. The number of nitrogens with zero attached hydrogens (tertiary/aromatic N) is 2. The average Bonchev–Trinajstić information content (AvgIpc) is 3.39. The van der Waals surface area contributed by atoms with Crippen LogP contribution in [0.2, 0.25) is 0 Å². The number of rotatable bonds is 4. The molecule has 0 aromatic heterocycles. The summed E-state index contributed by atoms with van der Waals surface area (Å²) in [7, 11) is 1.62. The Balaban J connectivity index is 1.59. The van der Waals surface area contributed by atoms with Gasteiger partial charge in [-0.2, -0.15) is 10.1 Å². The fourth-order valence-corrected chi connectivity index (χ4v) is 3.42. The van der Waals surface area contributed by atoms with Gasteiger partial charge in [-0.05, 0) is 60.2 Å². The van der Waals surface area contributed by atoms with Crippen molar-refractivity contribution in [3.63, 3.8) is 0 Å². The summed E-state index contributed by atoms with van der Waals surface area (Å²) in [4.78, 5) is 13.3. The summed E-state index contributed by atoms with van der Waals surface area (Å²) in [5, 5.41) is 6.08. The number of hydrogen-bond acceptors (Lipinski definition) is 5. The number of benzene rings is 3. The van der Waals surface area contributed by atoms with Gasteiger partial charge in [0.1, 0.15) is 11.5 Å². The zero-order valence-electron chi connectivity index (χ0n) is 16.2. The summed E-state index contributed by atoms with van der Waals surface area (Å²) in [6, 6.07) is 22.5. The van der Waals surface area contributed by atoms with E-state index < -0.39 is 0 Å². The van der Waals surface area contributed by atoms with Gasteiger partial charge in [-0.3, -0.25) is 4.79 Å². The number of fused-ring (bicyclic) bond motifs is 1. The molecule has 1 amide bonds. The molecule has 2 aliphatic rings. The van der Waals surface area contributed by atoms with Gasteiger partial charge in [0.15, 0.2) is 11.5 Å². The topological polar surface area (TPSA) is 60.4 Å². The van der Waals surface area contributed by atoms with Crippen LogP contribution in [0.25, 0.3) is 6.08 Å². The van der Waals surface area contributed by atoms with Crippen molar-refractivity contribution in [2.45, 2.75) is 0 Å². The number of ether oxygens (including phenoxy) is 3. The second kappa shape index (κ2) is 7.40. The number of amides is 1. The van der Waals surface area contributed by atoms with Crippen LogP contribution in [0, 0.1) is 0 Å². The molecule has 2 heterocycles. The van der Waals surface area contributed by atoms with Crippen molar-refractivity contribution in [3.05, 3.63) is 89.5 Å². The second-order valence-corrected chi connectivity index (χ2v) is 6.80. The molecule has 0 spiro atoms. The van der Waals surface area contributed by atoms with E-state index in [2.05, 4.69) is 5.10 Å². The van der Waals surface area contributed by atoms with E-state index in [4.69, 9.17) is 14.2 Å². The Bertz CT molecular complexity index is 1170. The Labute approximate surface area is 173 Å². The molecule has 0 saturated heterocycles. The standard InChI is InChI=1S/C24H18N2O4/c1-28-19-10-8-17(9-11-19)23-20(13-16-7-12-21-22(14-16)30-15-29-21)24(27)26(25-23)18-5-3-2-4-6-18/h2-14H,15H2,1H3/b20-13-. The molecule has 148 valence electrons. The summed E-state index contributed by atoms with van der Waals surface area (Å²) in [6.07, 6.45) is 1.83. The maximum Gasteiger partial charge on any atom is 0.281 e. The lowest BCUT2D eigenvalue weighted by Crippen LogP contribution is -2.21. The van der Waals surface area contributed by atoms with Gasteiger partial charge >= 0.3 is 0 Å². The molecule has 0 aliphatic carbocycles. The Kier molecular flexibility index (Phi) is 4.44. The highest BCUT2D eigenvalue weighted by Crippen LogP contribution is 2.34. The number of hydrogen-bond donors (Lipinski definition) is 0. The largest absolute Gasteiger partial charge is 0.497 e. The monoisotopic (exact) mass is 398 g/mol. The van der Waals surface area contributed by atoms with Gasteiger partial charge in [-0.25, -0.2) is 0 Å². The maximum atomic E-state index is 13.3. The lowest BCUT2D eigenvalue weighted by atomic mass is 10.00. The van der Waals surface area contributed by atoms with Crippen molar-refractivity contribution < 1.29 is 19.0 Å². The smallest absolute Gasteiger partial charge is 0.281 e. The van der Waals surface area contributed by atoms with E-state index in [0.717, 1.165) is 16.9 Å². The van der Waals surface area contributed by atoms with E-state index in [1.165, 1.54) is 5.01 Å². The van der Waals surface area contributed by atoms with Crippen LogP contribution in [0.3, 0.4) is 0 Å². The molecule has 5 rings (SSSR count). The molecule has 0 saturated carbocycles. The lowest BCUT2D eigenvalue weighted by molar-refractivity contribution is -0.114. The summed E-state index contributed by atoms with van der Waals surface area (Å²) in [6.45, 7) is 0.203. The van der Waals surface area contributed by atoms with E-state index in [1.807, 2.05) is 78.9 Å². The zero-order valence-corrected chi connectivity index (χ0v) is 16.2. The van der Waals surface area contributed by atoms with Gasteiger partial charge in [0.05, 0.1) is 18.4 Å². The number of anilines is 1. The van der Waals surface area contributed by atoms with Gasteiger partial charge in [-0.1, -0.05) is 24.3 Å². The first-order chi connectivity index (χ1) is 14.7. The van der Waals surface area contributed by atoms with Crippen LogP contribution in [-0.2, 0) is 4.79 Å². The van der Waals surface area contributed by atoms with Crippen LogP contribution >= 0.6 is 0 Å². The predicted octanol–water partition coefficient (Wildman–Crippen LogP) is 4.26. The van der Waals surface area contributed by atoms with Crippen LogP contribution in [0.15, 0.2) is 83.5 Å². The van der Waals surface area contributed by atoms with E-state index in [9.17, 15) is 4.79 Å². The number of carbonyl (C=O) groups excluding carboxylic acids is 1. The fraction of sp³-hybridized carbons (Fsp3) is 0.0833. The fourth-order valence-electron chi connectivity index (χ4n) is 3.42. The molecular weight excluding hydrogens is 380 g/mol. The third-order valence-corrected chi connectivity index (χ3v) is 4.95. The number of para-hydroxylation sites is 1. The summed E-state index contributed by atoms with van der Waals surface area (Å²) >= 11 is 0. The Morgan fingerprint density at radius 1 is 0.967 bits per heavy atom. The molecule has 0 bridgehead atoms. The Morgan fingerprint density at radius 2 is 1.73 bits per heavy atom. The van der Waals surface area contributed by atoms with E-state index >= 15 is 0 Å². The Hall–Kier alpha value is -4.06. The highest BCUT2D eigenvalue weighted by molar-refractivity contribution is 6.37. The van der Waals surface area contributed by atoms with E-state index in [1.54, 1.807) is 7.11 Å². The lowest BCUT2D eigenvalue weighted by Gasteiger charge is -2.10. The molecule has 0 radical (unpaired) electrons. The first kappa shape index (κ1) is 18.0. The van der Waals surface area contributed by atoms with E-state index in [0.29, 0.717) is 28.5 Å². The Morgan fingerprint density at radius 3 is 2.50 bits per heavy atom. The summed E-state index contributed by atoms with van der Waals surface area (Å²) in [5.74, 6) is 1.91. The molecule has 6 heteroatoms.